The molecule has 2 fully saturated rings. The standard InChI is InChI=1S/C13H13IN2O4/c14-10-6-8(16(19)20)2-4-12(10)15-7-1-3-11(15)9(5-7)13(17)18/h2,4,6-7,9,11H,1,3,5H2,(H,17,18). The Hall–Kier alpha value is -1.38. The van der Waals surface area contributed by atoms with Gasteiger partial charge in [0.2, 0.25) is 0 Å². The Morgan fingerprint density at radius 3 is 2.75 bits per heavy atom. The molecule has 20 heavy (non-hydrogen) atoms. The molecule has 0 radical (unpaired) electrons. The maximum atomic E-state index is 11.3. The van der Waals surface area contributed by atoms with E-state index in [1.165, 1.54) is 6.07 Å². The molecular weight excluding hydrogens is 375 g/mol. The summed E-state index contributed by atoms with van der Waals surface area (Å²) in [6, 6.07) is 5.05. The van der Waals surface area contributed by atoms with Crippen molar-refractivity contribution >= 4 is 39.9 Å². The third-order valence-corrected chi connectivity index (χ3v) is 5.14. The lowest BCUT2D eigenvalue weighted by Crippen LogP contribution is -2.33. The normalized spacial score (nSPS) is 27.9. The Morgan fingerprint density at radius 1 is 1.45 bits per heavy atom. The van der Waals surface area contributed by atoms with Crippen LogP contribution < -0.4 is 4.90 Å². The van der Waals surface area contributed by atoms with E-state index in [-0.39, 0.29) is 23.7 Å². The molecule has 7 heteroatoms. The number of carboxylic acid groups (broad SMARTS) is 1. The highest BCUT2D eigenvalue weighted by Gasteiger charge is 2.49. The molecule has 2 aliphatic heterocycles. The van der Waals surface area contributed by atoms with Gasteiger partial charge in [0.05, 0.1) is 16.5 Å². The van der Waals surface area contributed by atoms with Gasteiger partial charge in [0.25, 0.3) is 5.69 Å². The lowest BCUT2D eigenvalue weighted by atomic mass is 9.89. The van der Waals surface area contributed by atoms with Crippen molar-refractivity contribution in [3.63, 3.8) is 0 Å². The van der Waals surface area contributed by atoms with Crippen LogP contribution in [0, 0.1) is 19.6 Å². The number of halogens is 1. The first-order chi connectivity index (χ1) is 9.49. The van der Waals surface area contributed by atoms with Gasteiger partial charge in [0, 0.05) is 27.8 Å². The van der Waals surface area contributed by atoms with Crippen LogP contribution in [0.25, 0.3) is 0 Å². The number of fused-ring (bicyclic) bond motifs is 2. The minimum atomic E-state index is -0.737. The molecule has 1 N–H and O–H groups in total. The van der Waals surface area contributed by atoms with Crippen LogP contribution in [0.4, 0.5) is 11.4 Å². The molecule has 2 aliphatic rings. The van der Waals surface area contributed by atoms with E-state index in [4.69, 9.17) is 0 Å². The second-order valence-electron chi connectivity index (χ2n) is 5.28. The van der Waals surface area contributed by atoms with Crippen molar-refractivity contribution in [2.24, 2.45) is 5.92 Å². The van der Waals surface area contributed by atoms with Crippen LogP contribution in [0.5, 0.6) is 0 Å². The van der Waals surface area contributed by atoms with E-state index in [9.17, 15) is 20.0 Å². The number of non-ortho nitro benzene ring substituents is 1. The monoisotopic (exact) mass is 388 g/mol. The highest BCUT2D eigenvalue weighted by Crippen LogP contribution is 2.46. The Bertz CT molecular complexity index is 592. The first-order valence-electron chi connectivity index (χ1n) is 6.44. The number of nitro benzene ring substituents is 1. The highest BCUT2D eigenvalue weighted by atomic mass is 127. The van der Waals surface area contributed by atoms with Gasteiger partial charge in [-0.1, -0.05) is 0 Å². The highest BCUT2D eigenvalue weighted by molar-refractivity contribution is 14.1. The number of hydrogen-bond acceptors (Lipinski definition) is 4. The van der Waals surface area contributed by atoms with Crippen molar-refractivity contribution < 1.29 is 14.8 Å². The Morgan fingerprint density at radius 2 is 2.20 bits per heavy atom. The van der Waals surface area contributed by atoms with Crippen LogP contribution in [-0.2, 0) is 4.79 Å². The number of aliphatic carboxylic acids is 1. The van der Waals surface area contributed by atoms with E-state index >= 15 is 0 Å². The van der Waals surface area contributed by atoms with Crippen LogP contribution >= 0.6 is 22.6 Å². The zero-order valence-corrected chi connectivity index (χ0v) is 12.7. The zero-order valence-electron chi connectivity index (χ0n) is 10.5. The van der Waals surface area contributed by atoms with Crippen LogP contribution in [0.15, 0.2) is 18.2 Å². The molecule has 3 atom stereocenters. The van der Waals surface area contributed by atoms with Gasteiger partial charge in [-0.15, -0.1) is 0 Å². The molecule has 0 saturated carbocycles. The number of hydrogen-bond donors (Lipinski definition) is 1. The molecule has 2 heterocycles. The fourth-order valence-electron chi connectivity index (χ4n) is 3.45. The third kappa shape index (κ3) is 2.04. The number of nitrogens with zero attached hydrogens (tertiary/aromatic N) is 2. The van der Waals surface area contributed by atoms with Gasteiger partial charge >= 0.3 is 5.97 Å². The minimum absolute atomic E-state index is 0.0208. The number of nitro groups is 1. The lowest BCUT2D eigenvalue weighted by molar-refractivity contribution is -0.384. The van der Waals surface area contributed by atoms with Gasteiger partial charge in [-0.2, -0.15) is 0 Å². The van der Waals surface area contributed by atoms with Crippen molar-refractivity contribution in [2.75, 3.05) is 4.90 Å². The number of anilines is 1. The maximum absolute atomic E-state index is 11.3. The lowest BCUT2D eigenvalue weighted by Gasteiger charge is -2.26. The Kier molecular flexibility index (Phi) is 3.31. The molecular formula is C13H13IN2O4. The van der Waals surface area contributed by atoms with E-state index < -0.39 is 10.9 Å². The van der Waals surface area contributed by atoms with Crippen molar-refractivity contribution in [1.29, 1.82) is 0 Å². The number of carboxylic acids is 1. The largest absolute Gasteiger partial charge is 0.481 e. The van der Waals surface area contributed by atoms with E-state index in [0.29, 0.717) is 6.42 Å². The molecule has 106 valence electrons. The summed E-state index contributed by atoms with van der Waals surface area (Å²) in [5.41, 5.74) is 0.993. The quantitative estimate of drug-likeness (QED) is 0.489. The fraction of sp³-hybridized carbons (Fsp3) is 0.462. The summed E-state index contributed by atoms with van der Waals surface area (Å²) in [5.74, 6) is -1.06. The Balaban J connectivity index is 1.94. The van der Waals surface area contributed by atoms with Crippen LogP contribution in [-0.4, -0.2) is 28.1 Å². The van der Waals surface area contributed by atoms with Crippen molar-refractivity contribution in [2.45, 2.75) is 31.3 Å². The van der Waals surface area contributed by atoms with Gasteiger partial charge in [0.15, 0.2) is 0 Å². The average Bonchev–Trinajstić information content (AvgIpc) is 2.96. The average molecular weight is 388 g/mol. The van der Waals surface area contributed by atoms with Crippen molar-refractivity contribution in [3.05, 3.63) is 31.9 Å². The van der Waals surface area contributed by atoms with Gasteiger partial charge in [-0.3, -0.25) is 14.9 Å². The van der Waals surface area contributed by atoms with E-state index in [1.54, 1.807) is 12.1 Å². The smallest absolute Gasteiger partial charge is 0.308 e. The summed E-state index contributed by atoms with van der Waals surface area (Å²) in [5, 5.41) is 20.0. The van der Waals surface area contributed by atoms with Gasteiger partial charge < -0.3 is 10.0 Å². The second-order valence-corrected chi connectivity index (χ2v) is 6.44. The molecule has 1 aromatic rings. The molecule has 2 saturated heterocycles. The fourth-order valence-corrected chi connectivity index (χ4v) is 4.23. The number of carbonyl (C=O) groups is 1. The SMILES string of the molecule is O=C(O)C1CC2CCC1N2c1ccc([N+](=O)[O-])cc1I. The molecule has 2 bridgehead atoms. The van der Waals surface area contributed by atoms with Crippen LogP contribution in [0.2, 0.25) is 0 Å². The summed E-state index contributed by atoms with van der Waals surface area (Å²) < 4.78 is 0.805. The second kappa shape index (κ2) is 4.87. The van der Waals surface area contributed by atoms with Gasteiger partial charge in [-0.05, 0) is 47.9 Å². The zero-order chi connectivity index (χ0) is 14.4. The Labute approximate surface area is 129 Å². The van der Waals surface area contributed by atoms with Gasteiger partial charge in [0.1, 0.15) is 0 Å². The molecule has 0 amide bonds. The van der Waals surface area contributed by atoms with E-state index in [0.717, 1.165) is 22.1 Å². The molecule has 3 unspecified atom stereocenters. The maximum Gasteiger partial charge on any atom is 0.308 e. The topological polar surface area (TPSA) is 83.7 Å². The summed E-state index contributed by atoms with van der Waals surface area (Å²) in [7, 11) is 0. The third-order valence-electron chi connectivity index (χ3n) is 4.27. The minimum Gasteiger partial charge on any atom is -0.481 e. The first kappa shape index (κ1) is 13.6. The summed E-state index contributed by atoms with van der Waals surface area (Å²) in [4.78, 5) is 23.8. The summed E-state index contributed by atoms with van der Waals surface area (Å²) in [6.07, 6.45) is 2.56. The molecule has 6 nitrogen and oxygen atoms in total. The predicted molar refractivity (Wildman–Crippen MR) is 80.8 cm³/mol. The summed E-state index contributed by atoms with van der Waals surface area (Å²) >= 11 is 2.09. The van der Waals surface area contributed by atoms with Gasteiger partial charge in [-0.25, -0.2) is 0 Å². The first-order valence-corrected chi connectivity index (χ1v) is 7.52. The molecule has 1 aromatic carbocycles. The molecule has 3 rings (SSSR count). The molecule has 0 aromatic heterocycles. The predicted octanol–water partition coefficient (Wildman–Crippen LogP) is 2.64. The number of rotatable bonds is 3. The van der Waals surface area contributed by atoms with Crippen LogP contribution in [0.1, 0.15) is 19.3 Å². The molecule has 0 spiro atoms. The van der Waals surface area contributed by atoms with E-state index in [2.05, 4.69) is 27.5 Å². The molecule has 0 aliphatic carbocycles. The van der Waals surface area contributed by atoms with E-state index in [1.807, 2.05) is 0 Å². The number of benzene rings is 1. The summed E-state index contributed by atoms with van der Waals surface area (Å²) in [6.45, 7) is 0. The van der Waals surface area contributed by atoms with Crippen LogP contribution in [0.3, 0.4) is 0 Å². The van der Waals surface area contributed by atoms with Crippen molar-refractivity contribution in [3.8, 4) is 0 Å². The van der Waals surface area contributed by atoms with Crippen molar-refractivity contribution in [1.82, 2.24) is 0 Å².